The van der Waals surface area contributed by atoms with Gasteiger partial charge in [0.05, 0.1) is 5.75 Å². The number of hydrogen-bond acceptors (Lipinski definition) is 5. The van der Waals surface area contributed by atoms with Gasteiger partial charge in [-0.25, -0.2) is 22.5 Å². The number of hydrogen-bond donors (Lipinski definition) is 2. The van der Waals surface area contributed by atoms with Crippen LogP contribution in [-0.2, 0) is 10.0 Å². The van der Waals surface area contributed by atoms with Crippen LogP contribution in [0.2, 0.25) is 0 Å². The van der Waals surface area contributed by atoms with Crippen LogP contribution in [0.4, 0.5) is 10.2 Å². The lowest BCUT2D eigenvalue weighted by Crippen LogP contribution is -2.46. The van der Waals surface area contributed by atoms with Crippen molar-refractivity contribution in [3.05, 3.63) is 48.5 Å². The summed E-state index contributed by atoms with van der Waals surface area (Å²) >= 11 is 0. The SMILES string of the molecule is CCCN(CC)CCS(=O)(=O)NC1CCN(c2ccc(-c3c[nH]c4cc(F)ccc34)cn2)CC1. The highest BCUT2D eigenvalue weighted by Gasteiger charge is 2.24. The van der Waals surface area contributed by atoms with Crippen LogP contribution in [-0.4, -0.2) is 67.8 Å². The number of anilines is 1. The van der Waals surface area contributed by atoms with Crippen molar-refractivity contribution in [3.8, 4) is 11.1 Å². The lowest BCUT2D eigenvalue weighted by molar-refractivity contribution is 0.304. The maximum Gasteiger partial charge on any atom is 0.213 e. The molecule has 0 bridgehead atoms. The first-order valence-corrected chi connectivity index (χ1v) is 13.7. The Balaban J connectivity index is 1.32. The van der Waals surface area contributed by atoms with Gasteiger partial charge in [0.1, 0.15) is 11.6 Å². The number of H-pyrrole nitrogens is 1. The second kappa shape index (κ2) is 10.8. The van der Waals surface area contributed by atoms with E-state index >= 15 is 0 Å². The first-order chi connectivity index (χ1) is 16.4. The standard InChI is InChI=1S/C25H34FN5O2S/c1-3-11-30(4-2)14-15-34(32,33)29-21-9-12-31(13-10-21)25-8-5-19(17-28-25)23-18-27-24-16-20(26)6-7-22(23)24/h5-8,16-18,21,27,29H,3-4,9-15H2,1-2H3. The van der Waals surface area contributed by atoms with Crippen LogP contribution in [0.3, 0.4) is 0 Å². The normalized spacial score (nSPS) is 15.5. The molecule has 0 unspecified atom stereocenters. The molecule has 1 aliphatic heterocycles. The van der Waals surface area contributed by atoms with Crippen LogP contribution >= 0.6 is 0 Å². The number of halogens is 1. The molecule has 0 aliphatic carbocycles. The summed E-state index contributed by atoms with van der Waals surface area (Å²) in [6.07, 6.45) is 6.25. The first-order valence-electron chi connectivity index (χ1n) is 12.1. The predicted molar refractivity (Wildman–Crippen MR) is 136 cm³/mol. The van der Waals surface area contributed by atoms with Crippen molar-refractivity contribution in [1.82, 2.24) is 19.6 Å². The van der Waals surface area contributed by atoms with Crippen molar-refractivity contribution < 1.29 is 12.8 Å². The zero-order chi connectivity index (χ0) is 24.1. The molecule has 2 aromatic heterocycles. The monoisotopic (exact) mass is 487 g/mol. The number of aromatic amines is 1. The quantitative estimate of drug-likeness (QED) is 0.452. The summed E-state index contributed by atoms with van der Waals surface area (Å²) in [5.74, 6) is 0.762. The molecular formula is C25H34FN5O2S. The Bertz CT molecular complexity index is 1190. The van der Waals surface area contributed by atoms with E-state index in [1.165, 1.54) is 12.1 Å². The lowest BCUT2D eigenvalue weighted by Gasteiger charge is -2.33. The van der Waals surface area contributed by atoms with Gasteiger partial charge in [0.25, 0.3) is 0 Å². The average molecular weight is 488 g/mol. The summed E-state index contributed by atoms with van der Waals surface area (Å²) < 4.78 is 41.5. The molecule has 9 heteroatoms. The minimum atomic E-state index is -3.29. The minimum Gasteiger partial charge on any atom is -0.360 e. The van der Waals surface area contributed by atoms with Crippen LogP contribution in [0.15, 0.2) is 42.7 Å². The van der Waals surface area contributed by atoms with Crippen molar-refractivity contribution in [1.29, 1.82) is 0 Å². The first kappa shape index (κ1) is 24.6. The topological polar surface area (TPSA) is 81.3 Å². The second-order valence-electron chi connectivity index (χ2n) is 8.93. The van der Waals surface area contributed by atoms with E-state index in [0.29, 0.717) is 6.54 Å². The number of pyridine rings is 1. The van der Waals surface area contributed by atoms with E-state index in [1.807, 2.05) is 24.5 Å². The van der Waals surface area contributed by atoms with Gasteiger partial charge in [-0.2, -0.15) is 0 Å². The van der Waals surface area contributed by atoms with Crippen LogP contribution in [0.5, 0.6) is 0 Å². The molecule has 0 radical (unpaired) electrons. The Labute approximate surface area is 201 Å². The van der Waals surface area contributed by atoms with Gasteiger partial charge in [-0.05, 0) is 62.7 Å². The summed E-state index contributed by atoms with van der Waals surface area (Å²) in [5, 5.41) is 0.959. The molecule has 0 atom stereocenters. The van der Waals surface area contributed by atoms with Crippen LogP contribution < -0.4 is 9.62 Å². The van der Waals surface area contributed by atoms with Crippen molar-refractivity contribution in [2.45, 2.75) is 39.2 Å². The predicted octanol–water partition coefficient (Wildman–Crippen LogP) is 3.99. The van der Waals surface area contributed by atoms with Crippen LogP contribution in [0, 0.1) is 5.82 Å². The molecule has 0 saturated carbocycles. The molecule has 1 fully saturated rings. The number of aromatic nitrogens is 2. The molecule has 3 aromatic rings. The second-order valence-corrected chi connectivity index (χ2v) is 10.8. The van der Waals surface area contributed by atoms with E-state index in [2.05, 4.69) is 38.3 Å². The third-order valence-electron chi connectivity index (χ3n) is 6.53. The highest BCUT2D eigenvalue weighted by Crippen LogP contribution is 2.30. The third-order valence-corrected chi connectivity index (χ3v) is 7.94. The Morgan fingerprint density at radius 1 is 1.18 bits per heavy atom. The van der Waals surface area contributed by atoms with Gasteiger partial charge >= 0.3 is 0 Å². The molecule has 0 spiro atoms. The molecule has 3 heterocycles. The largest absolute Gasteiger partial charge is 0.360 e. The third kappa shape index (κ3) is 5.95. The fourth-order valence-corrected chi connectivity index (χ4v) is 5.96. The zero-order valence-electron chi connectivity index (χ0n) is 19.9. The van der Waals surface area contributed by atoms with Crippen LogP contribution in [0.25, 0.3) is 22.0 Å². The average Bonchev–Trinajstić information content (AvgIpc) is 3.25. The van der Waals surface area contributed by atoms with Gasteiger partial charge < -0.3 is 14.8 Å². The lowest BCUT2D eigenvalue weighted by atomic mass is 10.1. The minimum absolute atomic E-state index is 0.0339. The van der Waals surface area contributed by atoms with Gasteiger partial charge in [-0.1, -0.05) is 13.8 Å². The number of rotatable bonds is 10. The van der Waals surface area contributed by atoms with Gasteiger partial charge in [-0.15, -0.1) is 0 Å². The van der Waals surface area contributed by atoms with E-state index in [4.69, 9.17) is 0 Å². The maximum absolute atomic E-state index is 13.5. The van der Waals surface area contributed by atoms with Crippen molar-refractivity contribution in [2.75, 3.05) is 43.4 Å². The number of benzene rings is 1. The Morgan fingerprint density at radius 3 is 2.65 bits per heavy atom. The maximum atomic E-state index is 13.5. The number of sulfonamides is 1. The fourth-order valence-electron chi connectivity index (χ4n) is 4.60. The summed E-state index contributed by atoms with van der Waals surface area (Å²) in [4.78, 5) is 12.1. The molecule has 0 amide bonds. The number of piperidine rings is 1. The van der Waals surface area contributed by atoms with Gasteiger partial charge in [0, 0.05) is 60.1 Å². The zero-order valence-corrected chi connectivity index (χ0v) is 20.7. The fraction of sp³-hybridized carbons (Fsp3) is 0.480. The Morgan fingerprint density at radius 2 is 1.97 bits per heavy atom. The van der Waals surface area contributed by atoms with E-state index in [-0.39, 0.29) is 17.6 Å². The van der Waals surface area contributed by atoms with Crippen LogP contribution in [0.1, 0.15) is 33.1 Å². The number of nitrogens with zero attached hydrogens (tertiary/aromatic N) is 3. The Hall–Kier alpha value is -2.49. The highest BCUT2D eigenvalue weighted by atomic mass is 32.2. The van der Waals surface area contributed by atoms with E-state index in [1.54, 1.807) is 6.07 Å². The van der Waals surface area contributed by atoms with Gasteiger partial charge in [0.15, 0.2) is 0 Å². The molecular weight excluding hydrogens is 453 g/mol. The molecule has 7 nitrogen and oxygen atoms in total. The molecule has 34 heavy (non-hydrogen) atoms. The molecule has 1 aliphatic rings. The molecule has 184 valence electrons. The summed E-state index contributed by atoms with van der Waals surface area (Å²) in [6.45, 7) is 8.04. The molecule has 1 saturated heterocycles. The highest BCUT2D eigenvalue weighted by molar-refractivity contribution is 7.89. The number of nitrogens with one attached hydrogen (secondary N) is 2. The Kier molecular flexibility index (Phi) is 7.85. The summed E-state index contributed by atoms with van der Waals surface area (Å²) in [6, 6.07) is 8.72. The van der Waals surface area contributed by atoms with Crippen molar-refractivity contribution >= 4 is 26.7 Å². The van der Waals surface area contributed by atoms with Gasteiger partial charge in [0.2, 0.25) is 10.0 Å². The summed E-state index contributed by atoms with van der Waals surface area (Å²) in [7, 11) is -3.29. The summed E-state index contributed by atoms with van der Waals surface area (Å²) in [5.41, 5.74) is 2.72. The van der Waals surface area contributed by atoms with E-state index < -0.39 is 10.0 Å². The number of fused-ring (bicyclic) bond motifs is 1. The van der Waals surface area contributed by atoms with E-state index in [0.717, 1.165) is 73.3 Å². The smallest absolute Gasteiger partial charge is 0.213 e. The van der Waals surface area contributed by atoms with E-state index in [9.17, 15) is 12.8 Å². The van der Waals surface area contributed by atoms with Crippen molar-refractivity contribution in [3.63, 3.8) is 0 Å². The van der Waals surface area contributed by atoms with Crippen molar-refractivity contribution in [2.24, 2.45) is 0 Å². The van der Waals surface area contributed by atoms with Gasteiger partial charge in [-0.3, -0.25) is 0 Å². The molecule has 4 rings (SSSR count). The molecule has 2 N–H and O–H groups in total. The molecule has 1 aromatic carbocycles.